The molecule has 2 aromatic carbocycles. The van der Waals surface area contributed by atoms with Crippen molar-refractivity contribution in [2.24, 2.45) is 0 Å². The van der Waals surface area contributed by atoms with Crippen molar-refractivity contribution in [3.8, 4) is 11.4 Å². The first-order valence-electron chi connectivity index (χ1n) is 16.6. The summed E-state index contributed by atoms with van der Waals surface area (Å²) in [6.07, 6.45) is 0. The smallest absolute Gasteiger partial charge is 0.323 e. The minimum atomic E-state index is -0.371. The molecule has 2 N–H and O–H groups in total. The second-order valence-electron chi connectivity index (χ2n) is 12.8. The minimum absolute atomic E-state index is 0.0186. The molecule has 3 aliphatic rings. The van der Waals surface area contributed by atoms with E-state index < -0.39 is 0 Å². The van der Waals surface area contributed by atoms with Gasteiger partial charge in [-0.2, -0.15) is 0 Å². The Bertz CT molecular complexity index is 1490. The molecule has 1 aromatic heterocycles. The monoisotopic (exact) mass is 642 g/mol. The van der Waals surface area contributed by atoms with Gasteiger partial charge in [0.05, 0.1) is 38.5 Å². The molecule has 6 rings (SSSR count). The van der Waals surface area contributed by atoms with E-state index in [4.69, 9.17) is 19.4 Å². The summed E-state index contributed by atoms with van der Waals surface area (Å²) in [4.78, 5) is 44.6. The van der Waals surface area contributed by atoms with Gasteiger partial charge < -0.3 is 34.8 Å². The third-order valence-corrected chi connectivity index (χ3v) is 9.15. The fourth-order valence-corrected chi connectivity index (χ4v) is 6.30. The first kappa shape index (κ1) is 32.7. The number of carbonyl (C=O) groups excluding carboxylic acids is 2. The zero-order valence-corrected chi connectivity index (χ0v) is 27.8. The molecule has 0 spiro atoms. The molecule has 12 heteroatoms. The average molecular weight is 643 g/mol. The zero-order valence-electron chi connectivity index (χ0n) is 27.8. The number of carbonyl (C=O) groups is 2. The molecule has 3 aromatic rings. The second-order valence-corrected chi connectivity index (χ2v) is 12.8. The standard InChI is InChI=1S/C35H46N8O4/c1-24(2)40-13-15-41(16-14-40)34(44)28-7-11-30(12-8-28)37-35(45)36-29-9-5-27(6-10-29)33-38-31(42-17-19-46-22-25(42)3)21-32(39-33)43-18-20-47-23-26(43)4/h5-12,21,24-26H,13-20,22-23H2,1-4H3,(H2,36,37,45)/t25-,26-/m1/s1. The molecule has 250 valence electrons. The Kier molecular flexibility index (Phi) is 10.2. The van der Waals surface area contributed by atoms with Crippen LogP contribution in [0.5, 0.6) is 0 Å². The van der Waals surface area contributed by atoms with Crippen molar-refractivity contribution < 1.29 is 19.1 Å². The molecule has 0 bridgehead atoms. The summed E-state index contributed by atoms with van der Waals surface area (Å²) in [5, 5.41) is 5.75. The summed E-state index contributed by atoms with van der Waals surface area (Å²) in [7, 11) is 0. The molecular formula is C35H46N8O4. The summed E-state index contributed by atoms with van der Waals surface area (Å²) in [5.74, 6) is 2.40. The van der Waals surface area contributed by atoms with Crippen LogP contribution in [0.15, 0.2) is 54.6 Å². The van der Waals surface area contributed by atoms with Gasteiger partial charge in [-0.25, -0.2) is 14.8 Å². The normalized spacial score (nSPS) is 20.7. The summed E-state index contributed by atoms with van der Waals surface area (Å²) in [5.41, 5.74) is 2.71. The van der Waals surface area contributed by atoms with Crippen LogP contribution < -0.4 is 20.4 Å². The number of amides is 3. The van der Waals surface area contributed by atoms with Crippen LogP contribution >= 0.6 is 0 Å². The largest absolute Gasteiger partial charge is 0.377 e. The molecule has 3 aliphatic heterocycles. The molecule has 0 unspecified atom stereocenters. The van der Waals surface area contributed by atoms with Crippen LogP contribution in [0.4, 0.5) is 27.8 Å². The van der Waals surface area contributed by atoms with Crippen molar-refractivity contribution >= 4 is 34.9 Å². The van der Waals surface area contributed by atoms with Crippen LogP contribution in [0, 0.1) is 0 Å². The van der Waals surface area contributed by atoms with E-state index in [-0.39, 0.29) is 24.0 Å². The molecule has 4 heterocycles. The Labute approximate surface area is 277 Å². The maximum atomic E-state index is 13.0. The van der Waals surface area contributed by atoms with E-state index in [9.17, 15) is 9.59 Å². The van der Waals surface area contributed by atoms with E-state index in [1.54, 1.807) is 24.3 Å². The van der Waals surface area contributed by atoms with Gasteiger partial charge in [-0.1, -0.05) is 0 Å². The van der Waals surface area contributed by atoms with Crippen molar-refractivity contribution in [3.05, 3.63) is 60.2 Å². The van der Waals surface area contributed by atoms with E-state index in [1.165, 1.54) is 0 Å². The molecule has 12 nitrogen and oxygen atoms in total. The summed E-state index contributed by atoms with van der Waals surface area (Å²) in [6, 6.07) is 17.2. The predicted molar refractivity (Wildman–Crippen MR) is 184 cm³/mol. The van der Waals surface area contributed by atoms with Crippen molar-refractivity contribution in [2.45, 2.75) is 45.8 Å². The third-order valence-electron chi connectivity index (χ3n) is 9.15. The number of hydrogen-bond acceptors (Lipinski definition) is 9. The highest BCUT2D eigenvalue weighted by Crippen LogP contribution is 2.29. The van der Waals surface area contributed by atoms with Gasteiger partial charge in [-0.15, -0.1) is 0 Å². The Morgan fingerprint density at radius 2 is 1.26 bits per heavy atom. The van der Waals surface area contributed by atoms with Crippen LogP contribution in [-0.2, 0) is 9.47 Å². The van der Waals surface area contributed by atoms with Gasteiger partial charge >= 0.3 is 6.03 Å². The van der Waals surface area contributed by atoms with Crippen molar-refractivity contribution in [1.29, 1.82) is 0 Å². The highest BCUT2D eigenvalue weighted by atomic mass is 16.5. The Hall–Kier alpha value is -4.26. The van der Waals surface area contributed by atoms with Crippen molar-refractivity contribution in [3.63, 3.8) is 0 Å². The number of hydrogen-bond donors (Lipinski definition) is 2. The minimum Gasteiger partial charge on any atom is -0.377 e. The number of morpholine rings is 2. The van der Waals surface area contributed by atoms with Gasteiger partial charge in [0, 0.05) is 73.9 Å². The van der Waals surface area contributed by atoms with Gasteiger partial charge in [0.2, 0.25) is 0 Å². The number of nitrogens with one attached hydrogen (secondary N) is 2. The summed E-state index contributed by atoms with van der Waals surface area (Å²) < 4.78 is 11.3. The maximum absolute atomic E-state index is 13.0. The number of anilines is 4. The number of aromatic nitrogens is 2. The Balaban J connectivity index is 1.10. The molecule has 3 saturated heterocycles. The lowest BCUT2D eigenvalue weighted by atomic mass is 10.1. The molecule has 47 heavy (non-hydrogen) atoms. The number of rotatable bonds is 7. The van der Waals surface area contributed by atoms with Crippen molar-refractivity contribution in [2.75, 3.05) is 86.1 Å². The number of benzene rings is 2. The molecule has 3 fully saturated rings. The fourth-order valence-electron chi connectivity index (χ4n) is 6.30. The van der Waals surface area contributed by atoms with E-state index >= 15 is 0 Å². The summed E-state index contributed by atoms with van der Waals surface area (Å²) >= 11 is 0. The second kappa shape index (κ2) is 14.7. The van der Waals surface area contributed by atoms with Crippen LogP contribution in [0.25, 0.3) is 11.4 Å². The van der Waals surface area contributed by atoms with Crippen LogP contribution in [0.2, 0.25) is 0 Å². The number of urea groups is 1. The lowest BCUT2D eigenvalue weighted by Crippen LogP contribution is -2.50. The first-order valence-corrected chi connectivity index (χ1v) is 16.6. The van der Waals surface area contributed by atoms with E-state index in [2.05, 4.69) is 59.1 Å². The SMILES string of the molecule is CC(C)N1CCN(C(=O)c2ccc(NC(=O)Nc3ccc(-c4nc(N5CCOC[C@H]5C)cc(N5CCOC[C@H]5C)n4)cc3)cc2)CC1. The molecule has 2 atom stereocenters. The van der Waals surface area contributed by atoms with E-state index in [0.717, 1.165) is 56.5 Å². The van der Waals surface area contributed by atoms with Crippen LogP contribution in [0.1, 0.15) is 38.1 Å². The number of nitrogens with zero attached hydrogens (tertiary/aromatic N) is 6. The lowest BCUT2D eigenvalue weighted by Gasteiger charge is -2.37. The van der Waals surface area contributed by atoms with Gasteiger partial charge in [-0.3, -0.25) is 9.69 Å². The number of ether oxygens (including phenoxy) is 2. The Morgan fingerprint density at radius 3 is 1.74 bits per heavy atom. The summed E-state index contributed by atoms with van der Waals surface area (Å²) in [6.45, 7) is 16.0. The molecule has 0 radical (unpaired) electrons. The van der Waals surface area contributed by atoms with Gasteiger partial charge in [0.1, 0.15) is 11.6 Å². The van der Waals surface area contributed by atoms with Gasteiger partial charge in [0.15, 0.2) is 5.82 Å². The fraction of sp³-hybridized carbons (Fsp3) is 0.486. The molecular weight excluding hydrogens is 596 g/mol. The third kappa shape index (κ3) is 7.83. The van der Waals surface area contributed by atoms with Crippen LogP contribution in [-0.4, -0.2) is 116 Å². The van der Waals surface area contributed by atoms with Gasteiger partial charge in [0.25, 0.3) is 5.91 Å². The van der Waals surface area contributed by atoms with E-state index in [1.807, 2.05) is 29.2 Å². The zero-order chi connectivity index (χ0) is 32.9. The van der Waals surface area contributed by atoms with Crippen LogP contribution in [0.3, 0.4) is 0 Å². The quantitative estimate of drug-likeness (QED) is 0.387. The average Bonchev–Trinajstić information content (AvgIpc) is 3.09. The highest BCUT2D eigenvalue weighted by Gasteiger charge is 2.26. The Morgan fingerprint density at radius 1 is 0.745 bits per heavy atom. The van der Waals surface area contributed by atoms with Crippen molar-refractivity contribution in [1.82, 2.24) is 19.8 Å². The first-order chi connectivity index (χ1) is 22.7. The lowest BCUT2D eigenvalue weighted by molar-refractivity contribution is 0.0595. The van der Waals surface area contributed by atoms with Gasteiger partial charge in [-0.05, 0) is 76.2 Å². The molecule has 0 aliphatic carbocycles. The topological polar surface area (TPSA) is 115 Å². The predicted octanol–water partition coefficient (Wildman–Crippen LogP) is 4.40. The van der Waals surface area contributed by atoms with E-state index in [0.29, 0.717) is 55.2 Å². The molecule has 0 saturated carbocycles. The number of piperazine rings is 1. The highest BCUT2D eigenvalue weighted by molar-refractivity contribution is 6.00. The maximum Gasteiger partial charge on any atom is 0.323 e. The molecule has 3 amide bonds.